The van der Waals surface area contributed by atoms with E-state index < -0.39 is 0 Å². The molecule has 2 heteroatoms. The fourth-order valence-electron chi connectivity index (χ4n) is 5.44. The van der Waals surface area contributed by atoms with Gasteiger partial charge in [-0.25, -0.2) is 0 Å². The Morgan fingerprint density at radius 2 is 0.583 bits per heavy atom. The standard InChI is InChI=1S/C34H30O2/c1-21(2)35-33-27-17-9-5-13-23(27)31(24-14-6-10-18-28(24)33)32-25-15-7-11-19-29(25)34(36-22(3)4)30-20-12-8-16-26(30)32/h5-22H,1-4H3. The Balaban J connectivity index is 1.86. The van der Waals surface area contributed by atoms with Crippen molar-refractivity contribution in [2.75, 3.05) is 0 Å². The Kier molecular flexibility index (Phi) is 5.53. The summed E-state index contributed by atoms with van der Waals surface area (Å²) >= 11 is 0. The third-order valence-corrected chi connectivity index (χ3v) is 6.72. The first kappa shape index (κ1) is 22.4. The predicted molar refractivity (Wildman–Crippen MR) is 153 cm³/mol. The molecule has 0 N–H and O–H groups in total. The molecule has 6 rings (SSSR count). The lowest BCUT2D eigenvalue weighted by Crippen LogP contribution is -2.07. The summed E-state index contributed by atoms with van der Waals surface area (Å²) in [7, 11) is 0. The van der Waals surface area contributed by atoms with Crippen molar-refractivity contribution in [3.8, 4) is 22.6 Å². The molecule has 0 radical (unpaired) electrons. The highest BCUT2D eigenvalue weighted by molar-refractivity contribution is 6.26. The lowest BCUT2D eigenvalue weighted by Gasteiger charge is -2.23. The molecule has 0 bridgehead atoms. The summed E-state index contributed by atoms with van der Waals surface area (Å²) in [5, 5.41) is 9.32. The first-order valence-electron chi connectivity index (χ1n) is 12.7. The van der Waals surface area contributed by atoms with Crippen molar-refractivity contribution >= 4 is 43.1 Å². The second kappa shape index (κ2) is 8.87. The van der Waals surface area contributed by atoms with Crippen LogP contribution < -0.4 is 9.47 Å². The molecule has 0 saturated carbocycles. The van der Waals surface area contributed by atoms with Gasteiger partial charge in [0.05, 0.1) is 12.2 Å². The summed E-state index contributed by atoms with van der Waals surface area (Å²) in [4.78, 5) is 0. The minimum absolute atomic E-state index is 0.0804. The molecule has 0 aliphatic carbocycles. The van der Waals surface area contributed by atoms with Gasteiger partial charge in [-0.2, -0.15) is 0 Å². The lowest BCUT2D eigenvalue weighted by molar-refractivity contribution is 0.248. The lowest BCUT2D eigenvalue weighted by atomic mass is 9.85. The highest BCUT2D eigenvalue weighted by Gasteiger charge is 2.22. The highest BCUT2D eigenvalue weighted by atomic mass is 16.5. The first-order valence-corrected chi connectivity index (χ1v) is 12.7. The molecule has 0 spiro atoms. The van der Waals surface area contributed by atoms with Crippen LogP contribution in [0.2, 0.25) is 0 Å². The van der Waals surface area contributed by atoms with E-state index in [1.165, 1.54) is 32.7 Å². The topological polar surface area (TPSA) is 18.5 Å². The molecule has 6 aromatic rings. The number of fused-ring (bicyclic) bond motifs is 4. The van der Waals surface area contributed by atoms with Crippen LogP contribution in [0.4, 0.5) is 0 Å². The van der Waals surface area contributed by atoms with Gasteiger partial charge in [-0.15, -0.1) is 0 Å². The predicted octanol–water partition coefficient (Wildman–Crippen LogP) is 9.54. The number of ether oxygens (including phenoxy) is 2. The van der Waals surface area contributed by atoms with Crippen molar-refractivity contribution in [2.45, 2.75) is 39.9 Å². The summed E-state index contributed by atoms with van der Waals surface area (Å²) in [5.74, 6) is 1.90. The van der Waals surface area contributed by atoms with E-state index in [1.807, 2.05) is 0 Å². The smallest absolute Gasteiger partial charge is 0.135 e. The van der Waals surface area contributed by atoms with E-state index in [-0.39, 0.29) is 12.2 Å². The number of hydrogen-bond acceptors (Lipinski definition) is 2. The fourth-order valence-corrected chi connectivity index (χ4v) is 5.44. The van der Waals surface area contributed by atoms with Crippen molar-refractivity contribution in [3.63, 3.8) is 0 Å². The van der Waals surface area contributed by atoms with Gasteiger partial charge in [0.1, 0.15) is 11.5 Å². The largest absolute Gasteiger partial charge is 0.490 e. The second-order valence-electron chi connectivity index (χ2n) is 9.92. The van der Waals surface area contributed by atoms with Gasteiger partial charge in [-0.1, -0.05) is 97.1 Å². The quantitative estimate of drug-likeness (QED) is 0.234. The molecule has 0 aliphatic rings. The zero-order valence-electron chi connectivity index (χ0n) is 21.2. The summed E-state index contributed by atoms with van der Waals surface area (Å²) in [5.41, 5.74) is 2.47. The van der Waals surface area contributed by atoms with Crippen LogP contribution in [0.3, 0.4) is 0 Å². The minimum atomic E-state index is 0.0804. The van der Waals surface area contributed by atoms with Crippen LogP contribution >= 0.6 is 0 Å². The van der Waals surface area contributed by atoms with Crippen LogP contribution in [0.25, 0.3) is 54.2 Å². The van der Waals surface area contributed by atoms with E-state index in [2.05, 4.69) is 125 Å². The third-order valence-electron chi connectivity index (χ3n) is 6.72. The monoisotopic (exact) mass is 470 g/mol. The maximum atomic E-state index is 6.45. The van der Waals surface area contributed by atoms with Gasteiger partial charge in [0.25, 0.3) is 0 Å². The van der Waals surface area contributed by atoms with E-state index in [4.69, 9.17) is 9.47 Å². The molecule has 2 nitrogen and oxygen atoms in total. The van der Waals surface area contributed by atoms with Crippen molar-refractivity contribution < 1.29 is 9.47 Å². The minimum Gasteiger partial charge on any atom is -0.490 e. The molecule has 0 fully saturated rings. The van der Waals surface area contributed by atoms with Crippen LogP contribution in [0, 0.1) is 0 Å². The van der Waals surface area contributed by atoms with E-state index in [9.17, 15) is 0 Å². The molecule has 0 saturated heterocycles. The van der Waals surface area contributed by atoms with Gasteiger partial charge in [0, 0.05) is 21.5 Å². The molecule has 6 aromatic carbocycles. The van der Waals surface area contributed by atoms with Crippen LogP contribution in [-0.2, 0) is 0 Å². The average Bonchev–Trinajstić information content (AvgIpc) is 2.89. The zero-order chi connectivity index (χ0) is 24.8. The molecular formula is C34H30O2. The van der Waals surface area contributed by atoms with Crippen LogP contribution in [0.15, 0.2) is 97.1 Å². The van der Waals surface area contributed by atoms with Crippen LogP contribution in [0.1, 0.15) is 27.7 Å². The SMILES string of the molecule is CC(C)Oc1c2ccccc2c(-c2c3ccccc3c(OC(C)C)c3ccccc23)c2ccccc12. The third kappa shape index (κ3) is 3.56. The van der Waals surface area contributed by atoms with Gasteiger partial charge in [-0.05, 0) is 60.4 Å². The van der Waals surface area contributed by atoms with Gasteiger partial charge in [0.2, 0.25) is 0 Å². The Morgan fingerprint density at radius 1 is 0.361 bits per heavy atom. The van der Waals surface area contributed by atoms with E-state index in [0.717, 1.165) is 33.0 Å². The summed E-state index contributed by atoms with van der Waals surface area (Å²) in [6.07, 6.45) is 0.161. The zero-order valence-corrected chi connectivity index (χ0v) is 21.2. The number of hydrogen-bond donors (Lipinski definition) is 0. The Labute approximate surface area is 212 Å². The molecule has 178 valence electrons. The van der Waals surface area contributed by atoms with Crippen molar-refractivity contribution in [1.82, 2.24) is 0 Å². The molecule has 0 atom stereocenters. The van der Waals surface area contributed by atoms with Gasteiger partial charge in [-0.3, -0.25) is 0 Å². The van der Waals surface area contributed by atoms with Crippen molar-refractivity contribution in [2.24, 2.45) is 0 Å². The normalized spacial score (nSPS) is 11.8. The van der Waals surface area contributed by atoms with Crippen molar-refractivity contribution in [1.29, 1.82) is 0 Å². The summed E-state index contributed by atoms with van der Waals surface area (Å²) in [6, 6.07) is 34.6. The maximum absolute atomic E-state index is 6.45. The highest BCUT2D eigenvalue weighted by Crippen LogP contribution is 2.49. The average molecular weight is 471 g/mol. The molecule has 0 aromatic heterocycles. The first-order chi connectivity index (χ1) is 17.5. The van der Waals surface area contributed by atoms with Gasteiger partial charge in [0.15, 0.2) is 0 Å². The molecule has 0 unspecified atom stereocenters. The van der Waals surface area contributed by atoms with E-state index >= 15 is 0 Å². The van der Waals surface area contributed by atoms with E-state index in [0.29, 0.717) is 0 Å². The summed E-state index contributed by atoms with van der Waals surface area (Å²) < 4.78 is 12.9. The Hall–Kier alpha value is -4.04. The second-order valence-corrected chi connectivity index (χ2v) is 9.92. The maximum Gasteiger partial charge on any atom is 0.135 e. The Morgan fingerprint density at radius 3 is 0.806 bits per heavy atom. The van der Waals surface area contributed by atoms with Crippen LogP contribution in [-0.4, -0.2) is 12.2 Å². The van der Waals surface area contributed by atoms with Crippen LogP contribution in [0.5, 0.6) is 11.5 Å². The number of benzene rings is 6. The van der Waals surface area contributed by atoms with Gasteiger partial charge >= 0.3 is 0 Å². The molecule has 36 heavy (non-hydrogen) atoms. The van der Waals surface area contributed by atoms with Gasteiger partial charge < -0.3 is 9.47 Å². The van der Waals surface area contributed by atoms with Crippen molar-refractivity contribution in [3.05, 3.63) is 97.1 Å². The molecular weight excluding hydrogens is 440 g/mol. The Bertz CT molecular complexity index is 1500. The summed E-state index contributed by atoms with van der Waals surface area (Å²) in [6.45, 7) is 8.36. The van der Waals surface area contributed by atoms with E-state index in [1.54, 1.807) is 0 Å². The molecule has 0 amide bonds. The molecule has 0 aliphatic heterocycles. The number of rotatable bonds is 5. The fraction of sp³-hybridized carbons (Fsp3) is 0.176. The molecule has 0 heterocycles.